The van der Waals surface area contributed by atoms with Gasteiger partial charge in [-0.05, 0) is 31.9 Å². The maximum Gasteiger partial charge on any atom is 0.308 e. The number of carbonyl (C=O) groups is 1. The van der Waals surface area contributed by atoms with Gasteiger partial charge in [0.1, 0.15) is 5.75 Å². The maximum atomic E-state index is 10.9. The van der Waals surface area contributed by atoms with Crippen LogP contribution < -0.4 is 10.5 Å². The SMILES string of the molecule is CC(=O)Oc1c(C)cc(C)c(N)c1C. The van der Waals surface area contributed by atoms with E-state index in [-0.39, 0.29) is 5.97 Å². The lowest BCUT2D eigenvalue weighted by Gasteiger charge is -2.13. The highest BCUT2D eigenvalue weighted by atomic mass is 16.5. The lowest BCUT2D eigenvalue weighted by molar-refractivity contribution is -0.131. The molecule has 0 aliphatic heterocycles. The van der Waals surface area contributed by atoms with Crippen LogP contribution in [0.4, 0.5) is 5.69 Å². The van der Waals surface area contributed by atoms with Crippen LogP contribution in [0.25, 0.3) is 0 Å². The number of ether oxygens (including phenoxy) is 1. The van der Waals surface area contributed by atoms with Gasteiger partial charge in [-0.2, -0.15) is 0 Å². The minimum Gasteiger partial charge on any atom is -0.426 e. The molecule has 76 valence electrons. The molecule has 0 aliphatic carbocycles. The Bertz CT molecular complexity index is 383. The number of hydrogen-bond acceptors (Lipinski definition) is 3. The number of hydrogen-bond donors (Lipinski definition) is 1. The first-order valence-corrected chi connectivity index (χ1v) is 4.48. The van der Waals surface area contributed by atoms with Gasteiger partial charge < -0.3 is 10.5 Å². The normalized spacial score (nSPS) is 10.0. The molecule has 3 nitrogen and oxygen atoms in total. The molecule has 2 N–H and O–H groups in total. The molecule has 0 aliphatic rings. The third-order valence-corrected chi connectivity index (χ3v) is 2.21. The number of carbonyl (C=O) groups excluding carboxylic acids is 1. The summed E-state index contributed by atoms with van der Waals surface area (Å²) >= 11 is 0. The molecule has 0 radical (unpaired) electrons. The van der Waals surface area contributed by atoms with Crippen LogP contribution in [0.15, 0.2) is 6.07 Å². The Kier molecular flexibility index (Phi) is 2.79. The molecule has 1 rings (SSSR count). The molecule has 1 aromatic carbocycles. The lowest BCUT2D eigenvalue weighted by Crippen LogP contribution is -2.06. The van der Waals surface area contributed by atoms with Gasteiger partial charge in [-0.15, -0.1) is 0 Å². The lowest BCUT2D eigenvalue weighted by atomic mass is 10.0. The van der Waals surface area contributed by atoms with Crippen molar-refractivity contribution >= 4 is 11.7 Å². The van der Waals surface area contributed by atoms with Crippen molar-refractivity contribution in [3.63, 3.8) is 0 Å². The van der Waals surface area contributed by atoms with Gasteiger partial charge in [-0.3, -0.25) is 4.79 Å². The Morgan fingerprint density at radius 3 is 2.36 bits per heavy atom. The minimum atomic E-state index is -0.320. The maximum absolute atomic E-state index is 10.9. The van der Waals surface area contributed by atoms with E-state index in [0.29, 0.717) is 11.4 Å². The van der Waals surface area contributed by atoms with E-state index in [2.05, 4.69) is 0 Å². The highest BCUT2D eigenvalue weighted by Gasteiger charge is 2.11. The number of benzene rings is 1. The van der Waals surface area contributed by atoms with Gasteiger partial charge in [0.05, 0.1) is 0 Å². The molecule has 0 fully saturated rings. The van der Waals surface area contributed by atoms with Crippen molar-refractivity contribution in [2.24, 2.45) is 0 Å². The summed E-state index contributed by atoms with van der Waals surface area (Å²) in [5.74, 6) is 0.264. The van der Waals surface area contributed by atoms with Crippen molar-refractivity contribution in [2.75, 3.05) is 5.73 Å². The second-order valence-electron chi connectivity index (χ2n) is 3.47. The summed E-state index contributed by atoms with van der Waals surface area (Å²) in [5.41, 5.74) is 9.30. The van der Waals surface area contributed by atoms with Crippen LogP contribution >= 0.6 is 0 Å². The Balaban J connectivity index is 3.29. The van der Waals surface area contributed by atoms with Crippen molar-refractivity contribution < 1.29 is 9.53 Å². The van der Waals surface area contributed by atoms with E-state index in [1.54, 1.807) is 0 Å². The van der Waals surface area contributed by atoms with Gasteiger partial charge in [0.2, 0.25) is 0 Å². The average Bonchev–Trinajstić information content (AvgIpc) is 2.09. The number of esters is 1. The van der Waals surface area contributed by atoms with Crippen molar-refractivity contribution in [3.05, 3.63) is 22.8 Å². The second kappa shape index (κ2) is 3.70. The molecule has 0 unspecified atom stereocenters. The van der Waals surface area contributed by atoms with Crippen molar-refractivity contribution in [2.45, 2.75) is 27.7 Å². The largest absolute Gasteiger partial charge is 0.426 e. The Labute approximate surface area is 83.9 Å². The Hall–Kier alpha value is -1.51. The zero-order valence-corrected chi connectivity index (χ0v) is 8.97. The molecule has 0 saturated carbocycles. The van der Waals surface area contributed by atoms with E-state index < -0.39 is 0 Å². The van der Waals surface area contributed by atoms with Crippen LogP contribution in [-0.2, 0) is 4.79 Å². The molecule has 0 heterocycles. The van der Waals surface area contributed by atoms with Gasteiger partial charge in [0.15, 0.2) is 0 Å². The van der Waals surface area contributed by atoms with Crippen LogP contribution in [0.3, 0.4) is 0 Å². The second-order valence-corrected chi connectivity index (χ2v) is 3.47. The van der Waals surface area contributed by atoms with Crippen molar-refractivity contribution in [3.8, 4) is 5.75 Å². The molecule has 0 atom stereocenters. The van der Waals surface area contributed by atoms with Gasteiger partial charge in [0, 0.05) is 18.2 Å². The zero-order chi connectivity index (χ0) is 10.9. The number of anilines is 1. The Morgan fingerprint density at radius 2 is 1.86 bits per heavy atom. The summed E-state index contributed by atoms with van der Waals surface area (Å²) < 4.78 is 5.09. The first kappa shape index (κ1) is 10.6. The van der Waals surface area contributed by atoms with Gasteiger partial charge in [-0.1, -0.05) is 6.07 Å². The van der Waals surface area contributed by atoms with Crippen LogP contribution in [-0.4, -0.2) is 5.97 Å². The van der Waals surface area contributed by atoms with Crippen LogP contribution in [0, 0.1) is 20.8 Å². The van der Waals surface area contributed by atoms with Gasteiger partial charge >= 0.3 is 5.97 Å². The van der Waals surface area contributed by atoms with E-state index >= 15 is 0 Å². The Morgan fingerprint density at radius 1 is 1.29 bits per heavy atom. The summed E-state index contributed by atoms with van der Waals surface area (Å²) in [7, 11) is 0. The fourth-order valence-corrected chi connectivity index (χ4v) is 1.48. The number of rotatable bonds is 1. The molecular weight excluding hydrogens is 178 g/mol. The number of nitrogen functional groups attached to an aromatic ring is 1. The van der Waals surface area contributed by atoms with Crippen LogP contribution in [0.1, 0.15) is 23.6 Å². The van der Waals surface area contributed by atoms with Crippen molar-refractivity contribution in [1.29, 1.82) is 0 Å². The molecule has 1 aromatic rings. The molecule has 0 aromatic heterocycles. The first-order chi connectivity index (χ1) is 6.43. The monoisotopic (exact) mass is 193 g/mol. The molecule has 0 amide bonds. The number of aryl methyl sites for hydroxylation is 2. The molecule has 0 saturated heterocycles. The zero-order valence-electron chi connectivity index (χ0n) is 8.97. The van der Waals surface area contributed by atoms with E-state index in [9.17, 15) is 4.79 Å². The van der Waals surface area contributed by atoms with Crippen LogP contribution in [0.2, 0.25) is 0 Å². The van der Waals surface area contributed by atoms with Crippen molar-refractivity contribution in [1.82, 2.24) is 0 Å². The van der Waals surface area contributed by atoms with Crippen LogP contribution in [0.5, 0.6) is 5.75 Å². The highest BCUT2D eigenvalue weighted by Crippen LogP contribution is 2.30. The highest BCUT2D eigenvalue weighted by molar-refractivity contribution is 5.72. The summed E-state index contributed by atoms with van der Waals surface area (Å²) in [5, 5.41) is 0. The minimum absolute atomic E-state index is 0.320. The summed E-state index contributed by atoms with van der Waals surface area (Å²) in [6.07, 6.45) is 0. The summed E-state index contributed by atoms with van der Waals surface area (Å²) in [6, 6.07) is 1.92. The fourth-order valence-electron chi connectivity index (χ4n) is 1.48. The van der Waals surface area contributed by atoms with Gasteiger partial charge in [-0.25, -0.2) is 0 Å². The van der Waals surface area contributed by atoms with Gasteiger partial charge in [0.25, 0.3) is 0 Å². The third kappa shape index (κ3) is 1.87. The molecule has 0 bridgehead atoms. The summed E-state index contributed by atoms with van der Waals surface area (Å²) in [4.78, 5) is 10.9. The quantitative estimate of drug-likeness (QED) is 0.422. The predicted molar refractivity (Wildman–Crippen MR) is 56.4 cm³/mol. The molecular formula is C11H15NO2. The standard InChI is InChI=1S/C11H15NO2/c1-6-5-7(2)11(14-9(4)13)8(3)10(6)12/h5H,12H2,1-4H3. The molecule has 0 spiro atoms. The van der Waals surface area contributed by atoms with E-state index in [4.69, 9.17) is 10.5 Å². The average molecular weight is 193 g/mol. The third-order valence-electron chi connectivity index (χ3n) is 2.21. The molecule has 3 heteroatoms. The fraction of sp³-hybridized carbons (Fsp3) is 0.364. The van der Waals surface area contributed by atoms with E-state index in [1.807, 2.05) is 26.8 Å². The smallest absolute Gasteiger partial charge is 0.308 e. The van der Waals surface area contributed by atoms with E-state index in [1.165, 1.54) is 6.92 Å². The van der Waals surface area contributed by atoms with E-state index in [0.717, 1.165) is 16.7 Å². The summed E-state index contributed by atoms with van der Waals surface area (Å²) in [6.45, 7) is 7.08. The number of nitrogens with two attached hydrogens (primary N) is 1. The first-order valence-electron chi connectivity index (χ1n) is 4.48. The topological polar surface area (TPSA) is 52.3 Å². The predicted octanol–water partition coefficient (Wildman–Crippen LogP) is 2.12. The molecule has 14 heavy (non-hydrogen) atoms.